The summed E-state index contributed by atoms with van der Waals surface area (Å²) in [7, 11) is 0. The summed E-state index contributed by atoms with van der Waals surface area (Å²) >= 11 is 0. The lowest BCUT2D eigenvalue weighted by molar-refractivity contribution is -0.274. The summed E-state index contributed by atoms with van der Waals surface area (Å²) in [5, 5.41) is 9.50. The molecule has 1 aromatic carbocycles. The van der Waals surface area contributed by atoms with Crippen LogP contribution in [-0.4, -0.2) is 53.8 Å². The molecule has 2 N–H and O–H groups in total. The minimum atomic E-state index is -4.78. The van der Waals surface area contributed by atoms with E-state index in [-0.39, 0.29) is 11.3 Å². The average molecular weight is 433 g/mol. The molecule has 0 atom stereocenters. The van der Waals surface area contributed by atoms with E-state index in [1.54, 1.807) is 18.3 Å². The number of nitrogens with one attached hydrogen (secondary N) is 2. The number of aromatic nitrogens is 3. The third-order valence-corrected chi connectivity index (χ3v) is 4.58. The number of pyridine rings is 1. The SMILES string of the molecule is O=C(Nc1ccc(OC(F)(F)F)cc1)c1cnc(N2CCOCC2)c(-c2ccn[nH]2)c1. The number of aromatic amines is 1. The maximum absolute atomic E-state index is 12.7. The number of ether oxygens (including phenoxy) is 2. The van der Waals surface area contributed by atoms with Gasteiger partial charge >= 0.3 is 6.36 Å². The number of benzene rings is 1. The third-order valence-electron chi connectivity index (χ3n) is 4.58. The highest BCUT2D eigenvalue weighted by molar-refractivity contribution is 6.05. The van der Waals surface area contributed by atoms with Crippen molar-refractivity contribution in [1.29, 1.82) is 0 Å². The van der Waals surface area contributed by atoms with Gasteiger partial charge in [0.25, 0.3) is 5.91 Å². The maximum Gasteiger partial charge on any atom is 0.573 e. The van der Waals surface area contributed by atoms with E-state index < -0.39 is 12.3 Å². The molecule has 3 aromatic rings. The average Bonchev–Trinajstić information content (AvgIpc) is 3.29. The molecule has 1 amide bonds. The molecule has 1 aliphatic heterocycles. The van der Waals surface area contributed by atoms with E-state index in [0.717, 1.165) is 12.1 Å². The zero-order valence-corrected chi connectivity index (χ0v) is 16.1. The molecule has 2 aromatic heterocycles. The largest absolute Gasteiger partial charge is 0.573 e. The van der Waals surface area contributed by atoms with Crippen LogP contribution in [0.15, 0.2) is 48.8 Å². The van der Waals surface area contributed by atoms with Gasteiger partial charge in [0.05, 0.1) is 24.5 Å². The summed E-state index contributed by atoms with van der Waals surface area (Å²) in [5.74, 6) is -0.118. The summed E-state index contributed by atoms with van der Waals surface area (Å²) in [4.78, 5) is 19.3. The number of halogens is 3. The first-order valence-corrected chi connectivity index (χ1v) is 9.39. The summed E-state index contributed by atoms with van der Waals surface area (Å²) in [6, 6.07) is 8.37. The lowest BCUT2D eigenvalue weighted by Gasteiger charge is -2.29. The smallest absolute Gasteiger partial charge is 0.406 e. The van der Waals surface area contributed by atoms with Crippen LogP contribution in [0.2, 0.25) is 0 Å². The van der Waals surface area contributed by atoms with Crippen molar-refractivity contribution in [2.45, 2.75) is 6.36 Å². The number of amides is 1. The molecule has 4 rings (SSSR count). The fourth-order valence-electron chi connectivity index (χ4n) is 3.16. The molecular formula is C20H18F3N5O3. The molecule has 0 radical (unpaired) electrons. The molecular weight excluding hydrogens is 415 g/mol. The van der Waals surface area contributed by atoms with Gasteiger partial charge in [-0.2, -0.15) is 5.10 Å². The first-order chi connectivity index (χ1) is 14.9. The molecule has 1 saturated heterocycles. The Labute approximate surface area is 175 Å². The van der Waals surface area contributed by atoms with Crippen molar-refractivity contribution in [3.05, 3.63) is 54.4 Å². The summed E-state index contributed by atoms with van der Waals surface area (Å²) in [5.41, 5.74) is 2.02. The van der Waals surface area contributed by atoms with Gasteiger partial charge in [-0.25, -0.2) is 4.98 Å². The number of hydrogen-bond acceptors (Lipinski definition) is 6. The van der Waals surface area contributed by atoms with E-state index in [1.807, 2.05) is 0 Å². The zero-order chi connectivity index (χ0) is 21.8. The van der Waals surface area contributed by atoms with Gasteiger partial charge in [0.15, 0.2) is 0 Å². The number of H-pyrrole nitrogens is 1. The molecule has 0 unspecified atom stereocenters. The van der Waals surface area contributed by atoms with Gasteiger partial charge in [-0.05, 0) is 36.4 Å². The van der Waals surface area contributed by atoms with Crippen molar-refractivity contribution in [2.75, 3.05) is 36.5 Å². The lowest BCUT2D eigenvalue weighted by atomic mass is 10.1. The molecule has 3 heterocycles. The fourth-order valence-corrected chi connectivity index (χ4v) is 3.16. The Morgan fingerprint density at radius 2 is 1.90 bits per heavy atom. The highest BCUT2D eigenvalue weighted by Crippen LogP contribution is 2.29. The molecule has 1 aliphatic rings. The van der Waals surface area contributed by atoms with Crippen molar-refractivity contribution < 1.29 is 27.4 Å². The number of nitrogens with zero attached hydrogens (tertiary/aromatic N) is 3. The van der Waals surface area contributed by atoms with Crippen LogP contribution >= 0.6 is 0 Å². The number of hydrogen-bond donors (Lipinski definition) is 2. The Morgan fingerprint density at radius 3 is 2.55 bits per heavy atom. The molecule has 31 heavy (non-hydrogen) atoms. The Hall–Kier alpha value is -3.60. The molecule has 11 heteroatoms. The second-order valence-corrected chi connectivity index (χ2v) is 6.69. The second-order valence-electron chi connectivity index (χ2n) is 6.69. The summed E-state index contributed by atoms with van der Waals surface area (Å²) in [6.07, 6.45) is -1.71. The van der Waals surface area contributed by atoms with Crippen LogP contribution in [0, 0.1) is 0 Å². The number of carbonyl (C=O) groups excluding carboxylic acids is 1. The minimum absolute atomic E-state index is 0.289. The van der Waals surface area contributed by atoms with E-state index >= 15 is 0 Å². The van der Waals surface area contributed by atoms with Crippen LogP contribution in [-0.2, 0) is 4.74 Å². The van der Waals surface area contributed by atoms with E-state index in [4.69, 9.17) is 4.74 Å². The monoisotopic (exact) mass is 433 g/mol. The van der Waals surface area contributed by atoms with Crippen molar-refractivity contribution in [2.24, 2.45) is 0 Å². The van der Waals surface area contributed by atoms with Crippen molar-refractivity contribution in [3.8, 4) is 17.0 Å². The molecule has 162 valence electrons. The van der Waals surface area contributed by atoms with E-state index in [0.29, 0.717) is 49.1 Å². The predicted molar refractivity (Wildman–Crippen MR) is 106 cm³/mol. The quantitative estimate of drug-likeness (QED) is 0.640. The van der Waals surface area contributed by atoms with Crippen LogP contribution < -0.4 is 15.0 Å². The van der Waals surface area contributed by atoms with Gasteiger partial charge < -0.3 is 19.7 Å². The van der Waals surface area contributed by atoms with Crippen molar-refractivity contribution in [1.82, 2.24) is 15.2 Å². The fraction of sp³-hybridized carbons (Fsp3) is 0.250. The molecule has 0 spiro atoms. The number of carbonyl (C=O) groups is 1. The number of anilines is 2. The third kappa shape index (κ3) is 5.12. The Morgan fingerprint density at radius 1 is 1.16 bits per heavy atom. The van der Waals surface area contributed by atoms with Gasteiger partial charge in [0, 0.05) is 36.7 Å². The van der Waals surface area contributed by atoms with Crippen molar-refractivity contribution in [3.63, 3.8) is 0 Å². The van der Waals surface area contributed by atoms with E-state index in [2.05, 4.69) is 30.1 Å². The Balaban J connectivity index is 1.55. The Bertz CT molecular complexity index is 1030. The first-order valence-electron chi connectivity index (χ1n) is 9.39. The minimum Gasteiger partial charge on any atom is -0.406 e. The number of morpholine rings is 1. The number of rotatable bonds is 5. The predicted octanol–water partition coefficient (Wildman–Crippen LogP) is 3.46. The van der Waals surface area contributed by atoms with Crippen LogP contribution in [0.5, 0.6) is 5.75 Å². The highest BCUT2D eigenvalue weighted by atomic mass is 19.4. The van der Waals surface area contributed by atoms with Crippen LogP contribution in [0.25, 0.3) is 11.3 Å². The maximum atomic E-state index is 12.7. The standard InChI is InChI=1S/C20H18F3N5O3/c21-20(22,23)31-15-3-1-14(2-4-15)26-19(29)13-11-16(17-5-6-25-27-17)18(24-12-13)28-7-9-30-10-8-28/h1-6,11-12H,7-10H2,(H,25,27)(H,26,29). The second kappa shape index (κ2) is 8.64. The Kier molecular flexibility index (Phi) is 5.76. The van der Waals surface area contributed by atoms with E-state index in [1.165, 1.54) is 18.3 Å². The zero-order valence-electron chi connectivity index (χ0n) is 16.1. The summed E-state index contributed by atoms with van der Waals surface area (Å²) in [6.45, 7) is 2.51. The summed E-state index contributed by atoms with van der Waals surface area (Å²) < 4.78 is 46.1. The van der Waals surface area contributed by atoms with Gasteiger partial charge in [0.1, 0.15) is 11.6 Å². The first kappa shape index (κ1) is 20.7. The van der Waals surface area contributed by atoms with E-state index in [9.17, 15) is 18.0 Å². The topological polar surface area (TPSA) is 92.4 Å². The molecule has 8 nitrogen and oxygen atoms in total. The molecule has 0 bridgehead atoms. The lowest BCUT2D eigenvalue weighted by Crippen LogP contribution is -2.37. The van der Waals surface area contributed by atoms with Gasteiger partial charge in [-0.3, -0.25) is 9.89 Å². The van der Waals surface area contributed by atoms with Crippen LogP contribution in [0.1, 0.15) is 10.4 Å². The molecule has 1 fully saturated rings. The van der Waals surface area contributed by atoms with Crippen molar-refractivity contribution >= 4 is 17.4 Å². The number of alkyl halides is 3. The van der Waals surface area contributed by atoms with Crippen LogP contribution in [0.4, 0.5) is 24.7 Å². The van der Waals surface area contributed by atoms with Gasteiger partial charge in [-0.1, -0.05) is 0 Å². The van der Waals surface area contributed by atoms with Crippen LogP contribution in [0.3, 0.4) is 0 Å². The molecule has 0 aliphatic carbocycles. The normalized spacial score (nSPS) is 14.4. The molecule has 0 saturated carbocycles. The van der Waals surface area contributed by atoms with Gasteiger partial charge in [-0.15, -0.1) is 13.2 Å². The highest BCUT2D eigenvalue weighted by Gasteiger charge is 2.31. The van der Waals surface area contributed by atoms with Gasteiger partial charge in [0.2, 0.25) is 0 Å².